The molecule has 0 saturated heterocycles. The van der Waals surface area contributed by atoms with Gasteiger partial charge in [0.1, 0.15) is 24.0 Å². The first-order valence-corrected chi connectivity index (χ1v) is 23.1. The predicted octanol–water partition coefficient (Wildman–Crippen LogP) is 4.91. The van der Waals surface area contributed by atoms with Crippen molar-refractivity contribution in [1.82, 2.24) is 0 Å². The summed E-state index contributed by atoms with van der Waals surface area (Å²) in [4.78, 5) is 80.7. The number of benzene rings is 6. The topological polar surface area (TPSA) is 412 Å². The van der Waals surface area contributed by atoms with Gasteiger partial charge in [-0.15, -0.1) is 0 Å². The molecule has 0 spiro atoms. The van der Waals surface area contributed by atoms with Crippen molar-refractivity contribution in [3.63, 3.8) is 0 Å². The van der Waals surface area contributed by atoms with Crippen molar-refractivity contribution in [1.29, 1.82) is 0 Å². The molecule has 0 radical (unpaired) electrons. The van der Waals surface area contributed by atoms with Crippen molar-refractivity contribution in [3.8, 4) is 69.0 Å². The minimum absolute atomic E-state index is 0.0535. The highest BCUT2D eigenvalue weighted by molar-refractivity contribution is 5.90. The molecule has 0 saturated carbocycles. The average Bonchev–Trinajstić information content (AvgIpc) is 4.13. The fourth-order valence-corrected chi connectivity index (χ4v) is 8.94. The molecule has 0 amide bonds. The molecule has 78 heavy (non-hydrogen) atoms. The van der Waals surface area contributed by atoms with Crippen molar-refractivity contribution in [2.45, 2.75) is 61.6 Å². The lowest BCUT2D eigenvalue weighted by atomic mass is 9.85. The van der Waals surface area contributed by atoms with Gasteiger partial charge < -0.3 is 90.1 Å². The van der Waals surface area contributed by atoms with Crippen LogP contribution in [0.4, 0.5) is 0 Å². The molecule has 2 aliphatic heterocycles. The molecular weight excluding hydrogens is 1030 g/mol. The Labute approximate surface area is 437 Å². The summed E-state index contributed by atoms with van der Waals surface area (Å²) < 4.78 is 28.6. The molecule has 24 heteroatoms. The average molecular weight is 1080 g/mol. The van der Waals surface area contributed by atoms with Gasteiger partial charge in [0.2, 0.25) is 18.3 Å². The molecule has 0 aromatic heterocycles. The monoisotopic (exact) mass is 1080 g/mol. The van der Waals surface area contributed by atoms with Crippen molar-refractivity contribution >= 4 is 41.9 Å². The third-order valence-corrected chi connectivity index (χ3v) is 12.7. The minimum atomic E-state index is -2.26. The molecule has 24 nitrogen and oxygen atoms in total. The van der Waals surface area contributed by atoms with Crippen molar-refractivity contribution in [2.24, 2.45) is 0 Å². The van der Waals surface area contributed by atoms with Crippen molar-refractivity contribution < 1.29 is 119 Å². The molecule has 2 heterocycles. The summed E-state index contributed by atoms with van der Waals surface area (Å²) in [5.74, 6) is -19.8. The zero-order valence-electron chi connectivity index (χ0n) is 39.9. The molecule has 7 atom stereocenters. The number of carbonyl (C=O) groups is 6. The summed E-state index contributed by atoms with van der Waals surface area (Å²) in [7, 11) is 0. The molecule has 0 bridgehead atoms. The minimum Gasteiger partial charge on any atom is -0.504 e. The van der Waals surface area contributed by atoms with Crippen molar-refractivity contribution in [2.75, 3.05) is 0 Å². The SMILES string of the molecule is O=C(/C=C/c1ccc(O)c(O)c1)O[C@H](Cc1ccc(O)c2c1[C@H](C(=O)O[C@H](Cc1ccc(O)c3c1[C@H](C(=O)O[C@H](Cc1ccc(O)c(O)c1)C(=O)O)[C@@H](c1ccc(O)c(O)c1)O3)C(=O)O)[C@@H](c1ccc(O)c(O)c1)O2)C(=O)O. The first-order chi connectivity index (χ1) is 37.0. The van der Waals surface area contributed by atoms with Crippen LogP contribution in [0.15, 0.2) is 103 Å². The lowest BCUT2D eigenvalue weighted by molar-refractivity contribution is -0.166. The van der Waals surface area contributed by atoms with E-state index in [1.165, 1.54) is 24.3 Å². The van der Waals surface area contributed by atoms with E-state index in [1.54, 1.807) is 0 Å². The fraction of sp³-hybridized carbons (Fsp3) is 0.185. The van der Waals surface area contributed by atoms with E-state index < -0.39 is 166 Å². The number of fused-ring (bicyclic) bond motifs is 2. The second-order valence-corrected chi connectivity index (χ2v) is 17.8. The number of esters is 3. The summed E-state index contributed by atoms with van der Waals surface area (Å²) in [5.41, 5.74) is -0.754. The Hall–Kier alpha value is -10.5. The standard InChI is InChI=1S/C54H44O24/c55-28-8-1-22(15-34(28)61)3-14-41(65)74-39(51(68)69)20-24-4-12-32(59)48-42(24)45(47(78-48)27-7-11-31(58)37(64)19-27)54(73)76-40(52(70)71)21-25-5-13-33(60)49-43(25)44(46(77-49)26-6-10-30(57)36(63)18-26)53(72)75-38(50(66)67)17-23-2-9-29(56)35(62)16-23/h1-16,18-19,38-40,44-47,55-64H,17,20-21H2,(H,66,67)(H,68,69)(H,70,71)/b14-3+/t38-,39-,40-,44+,45+,46-,47-/m1/s1. The van der Waals surface area contributed by atoms with Crippen LogP contribution in [0.3, 0.4) is 0 Å². The summed E-state index contributed by atoms with van der Waals surface area (Å²) in [5, 5.41) is 134. The normalized spacial score (nSPS) is 17.3. The van der Waals surface area contributed by atoms with Gasteiger partial charge in [0.05, 0.1) is 0 Å². The van der Waals surface area contributed by atoms with Crippen LogP contribution in [-0.2, 0) is 62.2 Å². The maximum atomic E-state index is 14.8. The Morgan fingerprint density at radius 1 is 0.436 bits per heavy atom. The number of aliphatic carboxylic acids is 3. The number of carboxylic acids is 3. The van der Waals surface area contributed by atoms with Crippen molar-refractivity contribution in [3.05, 3.63) is 148 Å². The van der Waals surface area contributed by atoms with Crippen LogP contribution in [0.1, 0.15) is 68.6 Å². The molecule has 404 valence electrons. The van der Waals surface area contributed by atoms with Crippen LogP contribution in [0.25, 0.3) is 6.08 Å². The smallest absolute Gasteiger partial charge is 0.345 e. The van der Waals surface area contributed by atoms with Gasteiger partial charge in [-0.25, -0.2) is 19.2 Å². The second-order valence-electron chi connectivity index (χ2n) is 17.8. The Bertz CT molecular complexity index is 3440. The van der Waals surface area contributed by atoms with Gasteiger partial charge in [-0.1, -0.05) is 36.4 Å². The van der Waals surface area contributed by atoms with E-state index >= 15 is 0 Å². The quantitative estimate of drug-likeness (QED) is 0.0235. The van der Waals surface area contributed by atoms with Crippen LogP contribution in [0, 0.1) is 0 Å². The maximum absolute atomic E-state index is 14.8. The number of aromatic hydroxyl groups is 10. The van der Waals surface area contributed by atoms with Crippen LogP contribution in [0.2, 0.25) is 0 Å². The van der Waals surface area contributed by atoms with E-state index in [1.807, 2.05) is 0 Å². The Balaban J connectivity index is 1.15. The Kier molecular flexibility index (Phi) is 15.0. The van der Waals surface area contributed by atoms with Gasteiger partial charge in [0, 0.05) is 36.5 Å². The van der Waals surface area contributed by atoms with E-state index in [0.717, 1.165) is 84.9 Å². The number of hydrogen-bond acceptors (Lipinski definition) is 21. The Morgan fingerprint density at radius 2 is 0.821 bits per heavy atom. The number of rotatable bonds is 18. The summed E-state index contributed by atoms with van der Waals surface area (Å²) >= 11 is 0. The van der Waals surface area contributed by atoms with Gasteiger partial charge in [0.15, 0.2) is 69.0 Å². The predicted molar refractivity (Wildman–Crippen MR) is 260 cm³/mol. The van der Waals surface area contributed by atoms with E-state index in [0.29, 0.717) is 0 Å². The number of carboxylic acid groups (broad SMARTS) is 3. The van der Waals surface area contributed by atoms with Crippen LogP contribution in [0.5, 0.6) is 69.0 Å². The first-order valence-electron chi connectivity index (χ1n) is 23.1. The largest absolute Gasteiger partial charge is 0.504 e. The number of hydrogen-bond donors (Lipinski definition) is 13. The van der Waals surface area contributed by atoms with E-state index in [2.05, 4.69) is 0 Å². The molecule has 2 aliphatic rings. The van der Waals surface area contributed by atoms with E-state index in [9.17, 15) is 95.2 Å². The highest BCUT2D eigenvalue weighted by Gasteiger charge is 2.49. The summed E-state index contributed by atoms with van der Waals surface area (Å²) in [6.07, 6.45) is -9.75. The van der Waals surface area contributed by atoms with Gasteiger partial charge in [0.25, 0.3) is 0 Å². The summed E-state index contributed by atoms with van der Waals surface area (Å²) in [6, 6.07) is 17.7. The molecular formula is C54H44O24. The van der Waals surface area contributed by atoms with Gasteiger partial charge in [-0.2, -0.15) is 0 Å². The molecule has 6 aromatic carbocycles. The molecule has 13 N–H and O–H groups in total. The van der Waals surface area contributed by atoms with Crippen LogP contribution in [-0.4, -0.2) is 121 Å². The van der Waals surface area contributed by atoms with Crippen LogP contribution >= 0.6 is 0 Å². The highest BCUT2D eigenvalue weighted by Crippen LogP contribution is 2.55. The number of phenols is 10. The molecule has 8 rings (SSSR count). The number of ether oxygens (including phenoxy) is 5. The molecule has 0 unspecified atom stereocenters. The third kappa shape index (κ3) is 11.1. The van der Waals surface area contributed by atoms with Gasteiger partial charge in [-0.3, -0.25) is 9.59 Å². The Morgan fingerprint density at radius 3 is 1.24 bits per heavy atom. The molecule has 0 fully saturated rings. The zero-order valence-corrected chi connectivity index (χ0v) is 39.9. The van der Waals surface area contributed by atoms with E-state index in [4.69, 9.17) is 23.7 Å². The number of phenolic OH excluding ortho intramolecular Hbond substituents is 10. The lowest BCUT2D eigenvalue weighted by Gasteiger charge is -2.24. The van der Waals surface area contributed by atoms with Gasteiger partial charge >= 0.3 is 35.8 Å². The number of carbonyl (C=O) groups excluding carboxylic acids is 3. The summed E-state index contributed by atoms with van der Waals surface area (Å²) in [6.45, 7) is 0. The lowest BCUT2D eigenvalue weighted by Crippen LogP contribution is -2.34. The fourth-order valence-electron chi connectivity index (χ4n) is 8.94. The molecule has 6 aromatic rings. The maximum Gasteiger partial charge on any atom is 0.345 e. The third-order valence-electron chi connectivity index (χ3n) is 12.7. The zero-order chi connectivity index (χ0) is 56.4. The molecule has 0 aliphatic carbocycles. The van der Waals surface area contributed by atoms with Gasteiger partial charge in [-0.05, 0) is 100 Å². The second kappa shape index (κ2) is 21.7. The highest BCUT2D eigenvalue weighted by atomic mass is 16.6. The van der Waals surface area contributed by atoms with E-state index in [-0.39, 0.29) is 44.5 Å². The van der Waals surface area contributed by atoms with Crippen LogP contribution < -0.4 is 9.47 Å². The first kappa shape index (κ1) is 53.8.